The van der Waals surface area contributed by atoms with E-state index in [0.29, 0.717) is 99.0 Å². The van der Waals surface area contributed by atoms with Crippen molar-refractivity contribution >= 4 is 29.6 Å². The second kappa shape index (κ2) is 22.0. The third-order valence-electron chi connectivity index (χ3n) is 11.5. The fraction of sp³-hybridized carbons (Fsp3) is 0.438. The maximum Gasteiger partial charge on any atom is 0.408 e. The fourth-order valence-electron chi connectivity index (χ4n) is 8.41. The van der Waals surface area contributed by atoms with E-state index >= 15 is 0 Å². The first-order valence-electron chi connectivity index (χ1n) is 21.1. The third kappa shape index (κ3) is 13.5. The molecule has 6 rings (SSSR count). The number of quaternary nitrogens is 1. The molecule has 61 heavy (non-hydrogen) atoms. The first-order chi connectivity index (χ1) is 28.8. The second-order valence-electron chi connectivity index (χ2n) is 16.9. The Balaban J connectivity index is 0.00000704. The van der Waals surface area contributed by atoms with Gasteiger partial charge < -0.3 is 45.9 Å². The monoisotopic (exact) mass is 920 g/mol. The number of piperidine rings is 1. The van der Waals surface area contributed by atoms with Gasteiger partial charge in [-0.15, -0.1) is 0 Å². The van der Waals surface area contributed by atoms with E-state index in [2.05, 4.69) is 22.3 Å². The van der Waals surface area contributed by atoms with Crippen molar-refractivity contribution in [2.75, 3.05) is 59.0 Å². The fourth-order valence-corrected chi connectivity index (χ4v) is 8.60. The van der Waals surface area contributed by atoms with Gasteiger partial charge in [0, 0.05) is 62.6 Å². The highest BCUT2D eigenvalue weighted by molar-refractivity contribution is 6.30. The minimum absolute atomic E-state index is 0. The Morgan fingerprint density at radius 3 is 2.23 bits per heavy atom. The number of hydrogen-bond acceptors (Lipinski definition) is 7. The van der Waals surface area contributed by atoms with Crippen LogP contribution in [0.4, 0.5) is 9.18 Å². The molecule has 2 amide bonds. The van der Waals surface area contributed by atoms with E-state index in [-0.39, 0.29) is 53.7 Å². The summed E-state index contributed by atoms with van der Waals surface area (Å²) in [6.45, 7) is 12.3. The summed E-state index contributed by atoms with van der Waals surface area (Å²) in [5.41, 5.74) is 3.98. The van der Waals surface area contributed by atoms with E-state index < -0.39 is 17.7 Å². The Labute approximate surface area is 375 Å². The minimum Gasteiger partial charge on any atom is -1.00 e. The first kappa shape index (κ1) is 47.6. The number of ether oxygens (including phenoxy) is 3. The molecular weight excluding hydrogens is 863 g/mol. The summed E-state index contributed by atoms with van der Waals surface area (Å²) in [5, 5.41) is 3.63. The van der Waals surface area contributed by atoms with Crippen LogP contribution in [0.1, 0.15) is 57.2 Å². The van der Waals surface area contributed by atoms with Crippen LogP contribution in [0.2, 0.25) is 5.02 Å². The Kier molecular flexibility index (Phi) is 17.2. The van der Waals surface area contributed by atoms with Crippen LogP contribution in [-0.2, 0) is 38.6 Å². The molecule has 2 fully saturated rings. The Morgan fingerprint density at radius 2 is 1.57 bits per heavy atom. The van der Waals surface area contributed by atoms with E-state index in [0.717, 1.165) is 22.3 Å². The quantitative estimate of drug-likeness (QED) is 0.128. The van der Waals surface area contributed by atoms with E-state index in [1.54, 1.807) is 17.0 Å². The van der Waals surface area contributed by atoms with E-state index in [1.807, 2.05) is 94.4 Å². The number of hydrogen-bond donors (Lipinski definition) is 1. The lowest BCUT2D eigenvalue weighted by molar-refractivity contribution is -0.926. The highest BCUT2D eigenvalue weighted by atomic mass is 79.9. The molecule has 0 aromatic heterocycles. The summed E-state index contributed by atoms with van der Waals surface area (Å²) in [5.74, 6) is -0.441. The molecule has 2 heterocycles. The van der Waals surface area contributed by atoms with Gasteiger partial charge >= 0.3 is 12.1 Å². The molecule has 0 spiro atoms. The highest BCUT2D eigenvalue weighted by Crippen LogP contribution is 2.32. The van der Waals surface area contributed by atoms with Crippen molar-refractivity contribution in [3.63, 3.8) is 0 Å². The van der Waals surface area contributed by atoms with Gasteiger partial charge in [0.25, 0.3) is 0 Å². The van der Waals surface area contributed by atoms with Gasteiger partial charge in [0.15, 0.2) is 6.54 Å². The van der Waals surface area contributed by atoms with Crippen molar-refractivity contribution in [3.05, 3.63) is 125 Å². The normalized spacial score (nSPS) is 18.7. The average molecular weight is 922 g/mol. The van der Waals surface area contributed by atoms with Crippen LogP contribution < -0.4 is 27.0 Å². The van der Waals surface area contributed by atoms with Crippen LogP contribution in [0.5, 0.6) is 5.75 Å². The average Bonchev–Trinajstić information content (AvgIpc) is 3.23. The van der Waals surface area contributed by atoms with Crippen molar-refractivity contribution in [1.82, 2.24) is 15.1 Å². The Hall–Kier alpha value is -4.49. The SMILES string of the molecule is CCOc1cccc(F)c1CN1CCN(C(=O)C(NC(=O)OCc2ccccc2)C2CC[N+](CCc3cc(Cl)ccc3-c3ccccc3)(CC(=O)OC(C)(C)C)CC2)CC1.[Br-]. The van der Waals surface area contributed by atoms with E-state index in [9.17, 15) is 18.8 Å². The zero-order chi connectivity index (χ0) is 42.7. The number of benzene rings is 4. The molecule has 13 heteroatoms. The number of halogens is 3. The number of nitrogens with one attached hydrogen (secondary N) is 1. The summed E-state index contributed by atoms with van der Waals surface area (Å²) >= 11 is 6.55. The number of rotatable bonds is 15. The Bertz CT molecular complexity index is 2050. The molecule has 2 aliphatic rings. The molecule has 0 aliphatic carbocycles. The van der Waals surface area contributed by atoms with Gasteiger partial charge in [-0.2, -0.15) is 0 Å². The highest BCUT2D eigenvalue weighted by Gasteiger charge is 2.43. The van der Waals surface area contributed by atoms with Crippen molar-refractivity contribution < 1.29 is 54.4 Å². The maximum atomic E-state index is 14.9. The van der Waals surface area contributed by atoms with Gasteiger partial charge in [-0.05, 0) is 80.1 Å². The number of carbonyl (C=O) groups is 3. The molecule has 328 valence electrons. The lowest BCUT2D eigenvalue weighted by Gasteiger charge is -2.45. The number of likely N-dealkylation sites (tertiary alicyclic amines) is 1. The zero-order valence-corrected chi connectivity index (χ0v) is 38.1. The van der Waals surface area contributed by atoms with Crippen LogP contribution in [0.25, 0.3) is 11.1 Å². The lowest BCUT2D eigenvalue weighted by Crippen LogP contribution is -3.00. The number of esters is 1. The van der Waals surface area contributed by atoms with Gasteiger partial charge in [-0.25, -0.2) is 14.0 Å². The predicted molar refractivity (Wildman–Crippen MR) is 232 cm³/mol. The number of carbonyl (C=O) groups excluding carboxylic acids is 3. The van der Waals surface area contributed by atoms with Gasteiger partial charge in [-0.3, -0.25) is 9.69 Å². The summed E-state index contributed by atoms with van der Waals surface area (Å²) < 4.78 is 32.6. The van der Waals surface area contributed by atoms with Gasteiger partial charge in [0.1, 0.15) is 29.8 Å². The third-order valence-corrected chi connectivity index (χ3v) is 11.7. The summed E-state index contributed by atoms with van der Waals surface area (Å²) in [7, 11) is 0. The Morgan fingerprint density at radius 1 is 0.902 bits per heavy atom. The molecule has 0 radical (unpaired) electrons. The van der Waals surface area contributed by atoms with Gasteiger partial charge in [0.2, 0.25) is 5.91 Å². The number of piperazine rings is 1. The van der Waals surface area contributed by atoms with Crippen LogP contribution in [0.3, 0.4) is 0 Å². The largest absolute Gasteiger partial charge is 1.00 e. The van der Waals surface area contributed by atoms with Crippen LogP contribution >= 0.6 is 11.6 Å². The molecule has 2 aliphatic heterocycles. The van der Waals surface area contributed by atoms with Crippen LogP contribution in [0, 0.1) is 11.7 Å². The number of alkyl carbamates (subject to hydrolysis) is 1. The van der Waals surface area contributed by atoms with Crippen molar-refractivity contribution in [2.45, 2.75) is 71.8 Å². The number of nitrogens with zero attached hydrogens (tertiary/aromatic N) is 3. The minimum atomic E-state index is -0.836. The lowest BCUT2D eigenvalue weighted by atomic mass is 9.86. The standard InChI is InChI=1S/C48H58ClFN4O6.BrH/c1-5-58-43-18-12-17-42(50)41(43)32-52-24-26-53(27-25-52)46(56)45(51-47(57)59-34-35-13-8-6-9-14-35)37-21-28-54(29-22-37,33-44(55)60-48(2,3)4)30-23-38-31-39(49)19-20-40(38)36-15-10-7-11-16-36;/h6-20,31,37,45H,5,21-30,32-34H2,1-4H3;1H. The molecule has 0 saturated carbocycles. The van der Waals surface area contributed by atoms with Gasteiger partial charge in [-0.1, -0.05) is 84.4 Å². The van der Waals surface area contributed by atoms with E-state index in [4.69, 9.17) is 25.8 Å². The van der Waals surface area contributed by atoms with Gasteiger partial charge in [0.05, 0.1) is 26.2 Å². The molecule has 0 bridgehead atoms. The van der Waals surface area contributed by atoms with Crippen molar-refractivity contribution in [1.29, 1.82) is 0 Å². The maximum absolute atomic E-state index is 14.9. The van der Waals surface area contributed by atoms with Crippen LogP contribution in [0.15, 0.2) is 97.1 Å². The predicted octanol–water partition coefficient (Wildman–Crippen LogP) is 5.30. The first-order valence-corrected chi connectivity index (χ1v) is 21.5. The van der Waals surface area contributed by atoms with Crippen molar-refractivity contribution in [3.8, 4) is 16.9 Å². The van der Waals surface area contributed by atoms with E-state index in [1.165, 1.54) is 6.07 Å². The molecular formula is C48H59BrClFN4O6. The summed E-state index contributed by atoms with van der Waals surface area (Å²) in [4.78, 5) is 45.4. The second-order valence-corrected chi connectivity index (χ2v) is 17.4. The smallest absolute Gasteiger partial charge is 0.408 e. The molecule has 4 aromatic carbocycles. The molecule has 4 aromatic rings. The zero-order valence-electron chi connectivity index (χ0n) is 35.7. The summed E-state index contributed by atoms with van der Waals surface area (Å²) in [6.07, 6.45) is 1.20. The number of amides is 2. The molecule has 10 nitrogen and oxygen atoms in total. The molecule has 1 unspecified atom stereocenters. The van der Waals surface area contributed by atoms with Crippen LogP contribution in [-0.4, -0.2) is 103 Å². The topological polar surface area (TPSA) is 97.4 Å². The molecule has 1 atom stereocenters. The van der Waals surface area contributed by atoms with Crippen molar-refractivity contribution in [2.24, 2.45) is 5.92 Å². The summed E-state index contributed by atoms with van der Waals surface area (Å²) in [6, 6.07) is 29.6. The molecule has 2 saturated heterocycles. The molecule has 1 N–H and O–H groups in total.